The lowest BCUT2D eigenvalue weighted by atomic mass is 10.2. The SMILES string of the molecule is CC1(C)O[C@H](CO)[C@@H](COP(=O)(OCc2ccccc2)OCc2ccccc2)O1. The zero-order valence-electron chi connectivity index (χ0n) is 16.6. The number of phosphoric acid groups is 1. The van der Waals surface area contributed by atoms with Gasteiger partial charge in [0.2, 0.25) is 0 Å². The van der Waals surface area contributed by atoms with Gasteiger partial charge >= 0.3 is 7.82 Å². The smallest absolute Gasteiger partial charge is 0.394 e. The summed E-state index contributed by atoms with van der Waals surface area (Å²) in [6.07, 6.45) is -1.18. The highest BCUT2D eigenvalue weighted by Crippen LogP contribution is 2.51. The summed E-state index contributed by atoms with van der Waals surface area (Å²) in [4.78, 5) is 0. The average molecular weight is 422 g/mol. The molecule has 8 heteroatoms. The molecule has 0 bridgehead atoms. The molecule has 2 aromatic rings. The highest BCUT2D eigenvalue weighted by atomic mass is 31.2. The van der Waals surface area contributed by atoms with Crippen LogP contribution in [0.5, 0.6) is 0 Å². The molecule has 1 fully saturated rings. The van der Waals surface area contributed by atoms with Crippen LogP contribution in [0.25, 0.3) is 0 Å². The van der Waals surface area contributed by atoms with Gasteiger partial charge in [-0.25, -0.2) is 4.57 Å². The van der Waals surface area contributed by atoms with Gasteiger partial charge in [-0.05, 0) is 25.0 Å². The minimum absolute atomic E-state index is 0.0733. The summed E-state index contributed by atoms with van der Waals surface area (Å²) in [7, 11) is -3.90. The Labute approximate surface area is 171 Å². The summed E-state index contributed by atoms with van der Waals surface area (Å²) in [5.41, 5.74) is 1.68. The number of hydrogen-bond donors (Lipinski definition) is 1. The molecule has 0 aromatic heterocycles. The van der Waals surface area contributed by atoms with E-state index in [4.69, 9.17) is 23.0 Å². The molecular formula is C21H27O7P. The third kappa shape index (κ3) is 6.73. The lowest BCUT2D eigenvalue weighted by Gasteiger charge is -2.21. The molecule has 1 N–H and O–H groups in total. The molecular weight excluding hydrogens is 395 g/mol. The van der Waals surface area contributed by atoms with Crippen LogP contribution in [0.15, 0.2) is 60.7 Å². The monoisotopic (exact) mass is 422 g/mol. The highest BCUT2D eigenvalue weighted by Gasteiger charge is 2.42. The van der Waals surface area contributed by atoms with Crippen molar-refractivity contribution in [2.45, 2.75) is 45.1 Å². The van der Waals surface area contributed by atoms with Crippen molar-refractivity contribution < 1.29 is 32.7 Å². The molecule has 2 aromatic carbocycles. The Kier molecular flexibility index (Phi) is 7.60. The Balaban J connectivity index is 1.65. The van der Waals surface area contributed by atoms with Gasteiger partial charge in [-0.15, -0.1) is 0 Å². The predicted octanol–water partition coefficient (Wildman–Crippen LogP) is 4.06. The Bertz CT molecular complexity index is 750. The molecule has 0 aliphatic carbocycles. The van der Waals surface area contributed by atoms with Crippen molar-refractivity contribution in [2.24, 2.45) is 0 Å². The van der Waals surface area contributed by atoms with Gasteiger partial charge in [0, 0.05) is 0 Å². The molecule has 7 nitrogen and oxygen atoms in total. The number of aliphatic hydroxyl groups is 1. The maximum Gasteiger partial charge on any atom is 0.475 e. The summed E-state index contributed by atoms with van der Waals surface area (Å²) in [6, 6.07) is 18.7. The van der Waals surface area contributed by atoms with Crippen LogP contribution in [-0.4, -0.2) is 36.3 Å². The molecule has 29 heavy (non-hydrogen) atoms. The average Bonchev–Trinajstić information content (AvgIpc) is 3.05. The molecule has 158 valence electrons. The third-order valence-electron chi connectivity index (χ3n) is 4.33. The first-order chi connectivity index (χ1) is 13.9. The van der Waals surface area contributed by atoms with Gasteiger partial charge in [-0.1, -0.05) is 60.7 Å². The van der Waals surface area contributed by atoms with Crippen LogP contribution < -0.4 is 0 Å². The molecule has 0 saturated carbocycles. The third-order valence-corrected chi connectivity index (χ3v) is 5.68. The summed E-state index contributed by atoms with van der Waals surface area (Å²) < 4.78 is 41.3. The van der Waals surface area contributed by atoms with Crippen molar-refractivity contribution >= 4 is 7.82 Å². The minimum atomic E-state index is -3.90. The van der Waals surface area contributed by atoms with Crippen LogP contribution in [0.2, 0.25) is 0 Å². The van der Waals surface area contributed by atoms with E-state index in [9.17, 15) is 9.67 Å². The fourth-order valence-electron chi connectivity index (χ4n) is 2.94. The fraction of sp³-hybridized carbons (Fsp3) is 0.429. The number of aliphatic hydroxyl groups excluding tert-OH is 1. The van der Waals surface area contributed by atoms with E-state index in [0.717, 1.165) is 11.1 Å². The van der Waals surface area contributed by atoms with Crippen molar-refractivity contribution in [2.75, 3.05) is 13.2 Å². The summed E-state index contributed by atoms with van der Waals surface area (Å²) >= 11 is 0. The first kappa shape index (κ1) is 22.1. The van der Waals surface area contributed by atoms with Gasteiger partial charge in [0.15, 0.2) is 5.79 Å². The zero-order valence-corrected chi connectivity index (χ0v) is 17.5. The standard InChI is InChI=1S/C21H27O7P/c1-21(2)27-19(13-22)20(28-21)16-26-29(23,24-14-17-9-5-3-6-10-17)25-15-18-11-7-4-8-12-18/h3-12,19-20,22H,13-16H2,1-2H3/t19-,20-/m1/s1. The Morgan fingerprint density at radius 3 is 1.83 bits per heavy atom. The summed E-state index contributed by atoms with van der Waals surface area (Å²) in [5, 5.41) is 9.51. The van der Waals surface area contributed by atoms with Gasteiger partial charge in [0.25, 0.3) is 0 Å². The summed E-state index contributed by atoms with van der Waals surface area (Å²) in [6.45, 7) is 3.29. The van der Waals surface area contributed by atoms with Gasteiger partial charge in [0.1, 0.15) is 12.2 Å². The van der Waals surface area contributed by atoms with E-state index in [1.54, 1.807) is 13.8 Å². The molecule has 1 heterocycles. The van der Waals surface area contributed by atoms with Crippen LogP contribution in [0.1, 0.15) is 25.0 Å². The zero-order chi connectivity index (χ0) is 20.7. The number of ether oxygens (including phenoxy) is 2. The first-order valence-corrected chi connectivity index (χ1v) is 10.9. The van der Waals surface area contributed by atoms with E-state index in [0.29, 0.717) is 0 Å². The quantitative estimate of drug-likeness (QED) is 0.578. The molecule has 0 radical (unpaired) electrons. The van der Waals surface area contributed by atoms with Crippen molar-refractivity contribution in [1.82, 2.24) is 0 Å². The number of phosphoric ester groups is 1. The van der Waals surface area contributed by atoms with Crippen LogP contribution >= 0.6 is 7.82 Å². The van der Waals surface area contributed by atoms with Crippen molar-refractivity contribution in [1.29, 1.82) is 0 Å². The maximum absolute atomic E-state index is 13.2. The molecule has 1 aliphatic heterocycles. The topological polar surface area (TPSA) is 83.5 Å². The van der Waals surface area contributed by atoms with Crippen LogP contribution in [0.4, 0.5) is 0 Å². The maximum atomic E-state index is 13.2. The predicted molar refractivity (Wildman–Crippen MR) is 107 cm³/mol. The van der Waals surface area contributed by atoms with E-state index in [1.807, 2.05) is 60.7 Å². The normalized spacial score (nSPS) is 21.3. The molecule has 0 unspecified atom stereocenters. The second-order valence-electron chi connectivity index (χ2n) is 7.16. The largest absolute Gasteiger partial charge is 0.475 e. The van der Waals surface area contributed by atoms with E-state index in [-0.39, 0.29) is 26.4 Å². The second kappa shape index (κ2) is 9.96. The molecule has 1 saturated heterocycles. The van der Waals surface area contributed by atoms with Crippen molar-refractivity contribution in [3.8, 4) is 0 Å². The van der Waals surface area contributed by atoms with Crippen molar-refractivity contribution in [3.63, 3.8) is 0 Å². The van der Waals surface area contributed by atoms with E-state index < -0.39 is 25.8 Å². The Morgan fingerprint density at radius 1 is 0.862 bits per heavy atom. The Morgan fingerprint density at radius 2 is 1.34 bits per heavy atom. The number of benzene rings is 2. The Hall–Kier alpha value is -1.57. The minimum Gasteiger partial charge on any atom is -0.394 e. The van der Waals surface area contributed by atoms with Gasteiger partial charge in [0.05, 0.1) is 26.4 Å². The lowest BCUT2D eigenvalue weighted by molar-refractivity contribution is -0.151. The molecule has 0 spiro atoms. The number of rotatable bonds is 10. The molecule has 2 atom stereocenters. The van der Waals surface area contributed by atoms with E-state index in [1.165, 1.54) is 0 Å². The van der Waals surface area contributed by atoms with Crippen molar-refractivity contribution in [3.05, 3.63) is 71.8 Å². The van der Waals surface area contributed by atoms with Crippen LogP contribution in [-0.2, 0) is 40.8 Å². The van der Waals surface area contributed by atoms with Crippen LogP contribution in [0, 0.1) is 0 Å². The lowest BCUT2D eigenvalue weighted by Crippen LogP contribution is -2.30. The van der Waals surface area contributed by atoms with Gasteiger partial charge in [-0.3, -0.25) is 13.6 Å². The first-order valence-electron chi connectivity index (χ1n) is 9.47. The molecule has 0 amide bonds. The number of hydrogen-bond acceptors (Lipinski definition) is 7. The molecule has 3 rings (SSSR count). The van der Waals surface area contributed by atoms with E-state index >= 15 is 0 Å². The fourth-order valence-corrected chi connectivity index (χ4v) is 4.10. The van der Waals surface area contributed by atoms with Gasteiger partial charge in [-0.2, -0.15) is 0 Å². The highest BCUT2D eigenvalue weighted by molar-refractivity contribution is 7.48. The van der Waals surface area contributed by atoms with Crippen LogP contribution in [0.3, 0.4) is 0 Å². The summed E-state index contributed by atoms with van der Waals surface area (Å²) in [5.74, 6) is -0.860. The molecule has 1 aliphatic rings. The second-order valence-corrected chi connectivity index (χ2v) is 8.83. The van der Waals surface area contributed by atoms with E-state index in [2.05, 4.69) is 0 Å². The van der Waals surface area contributed by atoms with Gasteiger partial charge < -0.3 is 14.6 Å².